The molecular weight excluding hydrogens is 192 g/mol. The van der Waals surface area contributed by atoms with Crippen molar-refractivity contribution in [1.29, 1.82) is 10.5 Å². The lowest BCUT2D eigenvalue weighted by Gasteiger charge is -1.96. The van der Waals surface area contributed by atoms with Crippen molar-refractivity contribution in [2.45, 2.75) is 0 Å². The molecular formula is C11H4N2O2. The monoisotopic (exact) mass is 196 g/mol. The zero-order valence-corrected chi connectivity index (χ0v) is 7.52. The Labute approximate surface area is 84.6 Å². The number of rotatable bonds is 0. The van der Waals surface area contributed by atoms with Gasteiger partial charge in [-0.3, -0.25) is 0 Å². The summed E-state index contributed by atoms with van der Waals surface area (Å²) in [6, 6.07) is 9.84. The van der Waals surface area contributed by atoms with Crippen LogP contribution in [0.25, 0.3) is 11.0 Å². The summed E-state index contributed by atoms with van der Waals surface area (Å²) in [5, 5.41) is 17.9. The molecule has 15 heavy (non-hydrogen) atoms. The summed E-state index contributed by atoms with van der Waals surface area (Å²) in [7, 11) is 0. The molecule has 0 radical (unpaired) electrons. The van der Waals surface area contributed by atoms with Gasteiger partial charge in [0.05, 0.1) is 11.6 Å². The molecule has 0 N–H and O–H groups in total. The molecule has 0 aliphatic heterocycles. The van der Waals surface area contributed by atoms with Crippen LogP contribution in [0.5, 0.6) is 0 Å². The van der Waals surface area contributed by atoms with Gasteiger partial charge in [0.15, 0.2) is 0 Å². The molecule has 0 aliphatic carbocycles. The number of hydrogen-bond acceptors (Lipinski definition) is 4. The van der Waals surface area contributed by atoms with E-state index in [1.54, 1.807) is 18.2 Å². The van der Waals surface area contributed by atoms with Gasteiger partial charge in [-0.15, -0.1) is 0 Å². The van der Waals surface area contributed by atoms with Crippen LogP contribution in [-0.4, -0.2) is 0 Å². The summed E-state index contributed by atoms with van der Waals surface area (Å²) < 4.78 is 4.90. The fraction of sp³-hybridized carbons (Fsp3) is 0. The number of benzene rings is 1. The van der Waals surface area contributed by atoms with E-state index in [1.807, 2.05) is 6.07 Å². The molecule has 2 aromatic rings. The molecule has 0 spiro atoms. The lowest BCUT2D eigenvalue weighted by molar-refractivity contribution is 0.558. The average molecular weight is 196 g/mol. The zero-order valence-electron chi connectivity index (χ0n) is 7.52. The van der Waals surface area contributed by atoms with Gasteiger partial charge in [0, 0.05) is 5.39 Å². The van der Waals surface area contributed by atoms with Gasteiger partial charge in [0.1, 0.15) is 17.2 Å². The largest absolute Gasteiger partial charge is 0.422 e. The van der Waals surface area contributed by atoms with E-state index in [4.69, 9.17) is 14.9 Å². The van der Waals surface area contributed by atoms with E-state index in [1.165, 1.54) is 12.1 Å². The average Bonchev–Trinajstić information content (AvgIpc) is 2.27. The summed E-state index contributed by atoms with van der Waals surface area (Å²) in [6.45, 7) is 0. The number of nitrogens with zero attached hydrogens (tertiary/aromatic N) is 2. The minimum Gasteiger partial charge on any atom is -0.422 e. The highest BCUT2D eigenvalue weighted by atomic mass is 16.4. The third-order valence-electron chi connectivity index (χ3n) is 1.99. The standard InChI is InChI=1S/C11H4N2O2/c12-5-7-1-2-8-4-9(6-13)11(14)15-10(8)3-7/h1-4H. The first kappa shape index (κ1) is 8.98. The number of hydrogen-bond donors (Lipinski definition) is 0. The third-order valence-corrected chi connectivity index (χ3v) is 1.99. The Bertz CT molecular complexity index is 672. The van der Waals surface area contributed by atoms with Crippen molar-refractivity contribution < 1.29 is 4.42 Å². The molecule has 4 nitrogen and oxygen atoms in total. The molecule has 2 rings (SSSR count). The normalized spacial score (nSPS) is 9.47. The molecule has 70 valence electrons. The van der Waals surface area contributed by atoms with Crippen molar-refractivity contribution in [1.82, 2.24) is 0 Å². The Morgan fingerprint density at radius 3 is 2.60 bits per heavy atom. The van der Waals surface area contributed by atoms with Gasteiger partial charge in [-0.2, -0.15) is 10.5 Å². The number of fused-ring (bicyclic) bond motifs is 1. The van der Waals surface area contributed by atoms with E-state index in [0.717, 1.165) is 0 Å². The Hall–Kier alpha value is -2.59. The van der Waals surface area contributed by atoms with Gasteiger partial charge in [-0.1, -0.05) is 0 Å². The van der Waals surface area contributed by atoms with Gasteiger partial charge >= 0.3 is 5.63 Å². The SMILES string of the molecule is N#Cc1ccc2cc(C#N)c(=O)oc2c1. The van der Waals surface area contributed by atoms with Gasteiger partial charge in [-0.25, -0.2) is 4.79 Å². The molecule has 4 heteroatoms. The minimum absolute atomic E-state index is 0.0350. The molecule has 0 bridgehead atoms. The van der Waals surface area contributed by atoms with Crippen LogP contribution in [-0.2, 0) is 0 Å². The van der Waals surface area contributed by atoms with Gasteiger partial charge < -0.3 is 4.42 Å². The van der Waals surface area contributed by atoms with Gasteiger partial charge in [0.2, 0.25) is 0 Å². The second-order valence-corrected chi connectivity index (χ2v) is 2.92. The molecule has 0 unspecified atom stereocenters. The first-order valence-corrected chi connectivity index (χ1v) is 4.12. The molecule has 0 fully saturated rings. The van der Waals surface area contributed by atoms with Crippen LogP contribution >= 0.6 is 0 Å². The highest BCUT2D eigenvalue weighted by molar-refractivity contribution is 5.78. The van der Waals surface area contributed by atoms with Gasteiger partial charge in [-0.05, 0) is 24.3 Å². The minimum atomic E-state index is -0.680. The fourth-order valence-electron chi connectivity index (χ4n) is 1.26. The van der Waals surface area contributed by atoms with E-state index in [-0.39, 0.29) is 5.56 Å². The first-order valence-electron chi connectivity index (χ1n) is 4.12. The first-order chi connectivity index (χ1) is 7.24. The second kappa shape index (κ2) is 3.28. The molecule has 1 aromatic heterocycles. The lowest BCUT2D eigenvalue weighted by Crippen LogP contribution is -2.02. The van der Waals surface area contributed by atoms with Crippen molar-refractivity contribution >= 4 is 11.0 Å². The van der Waals surface area contributed by atoms with E-state index in [2.05, 4.69) is 0 Å². The summed E-state index contributed by atoms with van der Waals surface area (Å²) in [4.78, 5) is 11.2. The highest BCUT2D eigenvalue weighted by Gasteiger charge is 2.04. The number of nitriles is 2. The van der Waals surface area contributed by atoms with E-state index < -0.39 is 5.63 Å². The molecule has 1 aromatic carbocycles. The predicted octanol–water partition coefficient (Wildman–Crippen LogP) is 1.54. The third kappa shape index (κ3) is 1.45. The molecule has 0 atom stereocenters. The fourth-order valence-corrected chi connectivity index (χ4v) is 1.26. The topological polar surface area (TPSA) is 77.8 Å². The second-order valence-electron chi connectivity index (χ2n) is 2.92. The quantitative estimate of drug-likeness (QED) is 0.598. The van der Waals surface area contributed by atoms with Crippen LogP contribution in [0, 0.1) is 22.7 Å². The summed E-state index contributed by atoms with van der Waals surface area (Å²) in [6.07, 6.45) is 0. The molecule has 0 amide bonds. The molecule has 0 saturated carbocycles. The van der Waals surface area contributed by atoms with Crippen LogP contribution in [0.15, 0.2) is 33.5 Å². The van der Waals surface area contributed by atoms with Crippen LogP contribution in [0.2, 0.25) is 0 Å². The van der Waals surface area contributed by atoms with E-state index in [9.17, 15) is 4.79 Å². The molecule has 0 aliphatic rings. The molecule has 1 heterocycles. The van der Waals surface area contributed by atoms with Crippen LogP contribution < -0.4 is 5.63 Å². The Kier molecular flexibility index (Phi) is 1.97. The zero-order chi connectivity index (χ0) is 10.8. The van der Waals surface area contributed by atoms with Crippen LogP contribution in [0.1, 0.15) is 11.1 Å². The van der Waals surface area contributed by atoms with E-state index in [0.29, 0.717) is 16.5 Å². The Balaban J connectivity index is 2.85. The smallest absolute Gasteiger partial charge is 0.354 e. The maximum Gasteiger partial charge on any atom is 0.354 e. The predicted molar refractivity (Wildman–Crippen MR) is 51.9 cm³/mol. The van der Waals surface area contributed by atoms with Crippen LogP contribution in [0.3, 0.4) is 0 Å². The van der Waals surface area contributed by atoms with Crippen molar-refractivity contribution in [2.24, 2.45) is 0 Å². The lowest BCUT2D eigenvalue weighted by atomic mass is 10.1. The summed E-state index contributed by atoms with van der Waals surface area (Å²) >= 11 is 0. The van der Waals surface area contributed by atoms with Crippen molar-refractivity contribution in [3.05, 3.63) is 45.8 Å². The summed E-state index contributed by atoms with van der Waals surface area (Å²) in [5.41, 5.74) is 0.0145. The highest BCUT2D eigenvalue weighted by Crippen LogP contribution is 2.14. The molecule has 0 saturated heterocycles. The van der Waals surface area contributed by atoms with E-state index >= 15 is 0 Å². The van der Waals surface area contributed by atoms with Crippen molar-refractivity contribution in [2.75, 3.05) is 0 Å². The Morgan fingerprint density at radius 2 is 1.93 bits per heavy atom. The van der Waals surface area contributed by atoms with Crippen molar-refractivity contribution in [3.8, 4) is 12.1 Å². The maximum atomic E-state index is 11.2. The summed E-state index contributed by atoms with van der Waals surface area (Å²) in [5.74, 6) is 0. The van der Waals surface area contributed by atoms with Gasteiger partial charge in [0.25, 0.3) is 0 Å². The van der Waals surface area contributed by atoms with Crippen molar-refractivity contribution in [3.63, 3.8) is 0 Å². The Morgan fingerprint density at radius 1 is 1.13 bits per heavy atom. The van der Waals surface area contributed by atoms with Crippen LogP contribution in [0.4, 0.5) is 0 Å². The maximum absolute atomic E-state index is 11.2.